The number of nitrogens with zero attached hydrogens (tertiary/aromatic N) is 1. The van der Waals surface area contributed by atoms with E-state index in [9.17, 15) is 9.59 Å². The van der Waals surface area contributed by atoms with E-state index in [4.69, 9.17) is 9.47 Å². The van der Waals surface area contributed by atoms with E-state index in [0.29, 0.717) is 31.7 Å². The first-order chi connectivity index (χ1) is 16.5. The standard InChI is InChI=1S/C28H30N2O4/c1-20(21-12-14-22(15-13-21)28(32)33-2)29-27(31)26-18-23-8-6-7-9-24(23)19-30(26)16-17-34-25-10-4-3-5-11-25/h3-15,20,26H,16-19H2,1-2H3,(H,29,31). The highest BCUT2D eigenvalue weighted by molar-refractivity contribution is 5.89. The summed E-state index contributed by atoms with van der Waals surface area (Å²) in [5.74, 6) is 0.432. The van der Waals surface area contributed by atoms with Gasteiger partial charge in [-0.15, -0.1) is 0 Å². The first-order valence-electron chi connectivity index (χ1n) is 11.5. The maximum absolute atomic E-state index is 13.4. The van der Waals surface area contributed by atoms with Gasteiger partial charge in [-0.2, -0.15) is 0 Å². The van der Waals surface area contributed by atoms with Gasteiger partial charge >= 0.3 is 5.97 Å². The number of carbonyl (C=O) groups is 2. The topological polar surface area (TPSA) is 67.9 Å². The van der Waals surface area contributed by atoms with Crippen LogP contribution in [-0.4, -0.2) is 43.1 Å². The molecule has 0 bridgehead atoms. The molecule has 6 nitrogen and oxygen atoms in total. The number of nitrogens with one attached hydrogen (secondary N) is 1. The Bertz CT molecular complexity index is 1110. The Kier molecular flexibility index (Phi) is 7.60. The molecule has 0 aromatic heterocycles. The van der Waals surface area contributed by atoms with Crippen molar-refractivity contribution >= 4 is 11.9 Å². The van der Waals surface area contributed by atoms with Crippen LogP contribution in [0.4, 0.5) is 0 Å². The van der Waals surface area contributed by atoms with Gasteiger partial charge in [0.1, 0.15) is 12.4 Å². The largest absolute Gasteiger partial charge is 0.492 e. The summed E-state index contributed by atoms with van der Waals surface area (Å²) in [6.07, 6.45) is 0.654. The monoisotopic (exact) mass is 458 g/mol. The Morgan fingerprint density at radius 2 is 1.65 bits per heavy atom. The molecule has 1 heterocycles. The number of benzene rings is 3. The Balaban J connectivity index is 1.43. The average molecular weight is 459 g/mol. The number of fused-ring (bicyclic) bond motifs is 1. The number of ether oxygens (including phenoxy) is 2. The predicted octanol–water partition coefficient (Wildman–Crippen LogP) is 4.16. The molecule has 1 N–H and O–H groups in total. The van der Waals surface area contributed by atoms with Gasteiger partial charge in [-0.25, -0.2) is 4.79 Å². The second-order valence-corrected chi connectivity index (χ2v) is 8.46. The van der Waals surface area contributed by atoms with Gasteiger partial charge in [0.15, 0.2) is 0 Å². The van der Waals surface area contributed by atoms with E-state index in [2.05, 4.69) is 22.3 Å². The van der Waals surface area contributed by atoms with Crippen LogP contribution in [0, 0.1) is 0 Å². The molecule has 0 radical (unpaired) electrons. The predicted molar refractivity (Wildman–Crippen MR) is 131 cm³/mol. The van der Waals surface area contributed by atoms with E-state index in [1.54, 1.807) is 12.1 Å². The highest BCUT2D eigenvalue weighted by Gasteiger charge is 2.32. The second kappa shape index (κ2) is 11.0. The minimum absolute atomic E-state index is 0.0150. The number of esters is 1. The fourth-order valence-electron chi connectivity index (χ4n) is 4.29. The first kappa shape index (κ1) is 23.5. The van der Waals surface area contributed by atoms with Crippen LogP contribution in [0.3, 0.4) is 0 Å². The molecule has 0 fully saturated rings. The number of carbonyl (C=O) groups excluding carboxylic acids is 2. The van der Waals surface area contributed by atoms with Crippen LogP contribution in [0.25, 0.3) is 0 Å². The number of hydrogen-bond donors (Lipinski definition) is 1. The number of methoxy groups -OCH3 is 1. The Hall–Kier alpha value is -3.64. The van der Waals surface area contributed by atoms with Crippen molar-refractivity contribution in [3.8, 4) is 5.75 Å². The van der Waals surface area contributed by atoms with E-state index in [0.717, 1.165) is 11.3 Å². The number of hydrogen-bond acceptors (Lipinski definition) is 5. The summed E-state index contributed by atoms with van der Waals surface area (Å²) in [5.41, 5.74) is 3.87. The molecular formula is C28H30N2O4. The van der Waals surface area contributed by atoms with Crippen molar-refractivity contribution in [2.45, 2.75) is 32.0 Å². The zero-order valence-electron chi connectivity index (χ0n) is 19.6. The third-order valence-electron chi connectivity index (χ3n) is 6.23. The van der Waals surface area contributed by atoms with E-state index < -0.39 is 0 Å². The zero-order valence-corrected chi connectivity index (χ0v) is 19.6. The third-order valence-corrected chi connectivity index (χ3v) is 6.23. The van der Waals surface area contributed by atoms with Gasteiger partial charge in [-0.05, 0) is 54.3 Å². The molecule has 0 saturated carbocycles. The molecule has 0 spiro atoms. The molecule has 2 atom stereocenters. The molecule has 0 aliphatic carbocycles. The molecule has 3 aromatic rings. The summed E-state index contributed by atoms with van der Waals surface area (Å²) in [6.45, 7) is 3.79. The summed E-state index contributed by atoms with van der Waals surface area (Å²) in [6, 6.07) is 24.6. The Morgan fingerprint density at radius 3 is 2.35 bits per heavy atom. The van der Waals surface area contributed by atoms with Crippen LogP contribution >= 0.6 is 0 Å². The quantitative estimate of drug-likeness (QED) is 0.514. The fraction of sp³-hybridized carbons (Fsp3) is 0.286. The highest BCUT2D eigenvalue weighted by Crippen LogP contribution is 2.24. The van der Waals surface area contributed by atoms with Gasteiger partial charge < -0.3 is 14.8 Å². The maximum Gasteiger partial charge on any atom is 0.337 e. The van der Waals surface area contributed by atoms with Crippen molar-refractivity contribution in [2.24, 2.45) is 0 Å². The molecule has 1 amide bonds. The molecule has 4 rings (SSSR count). The average Bonchev–Trinajstić information content (AvgIpc) is 2.88. The van der Waals surface area contributed by atoms with Gasteiger partial charge in [-0.1, -0.05) is 54.6 Å². The molecule has 1 aliphatic heterocycles. The Morgan fingerprint density at radius 1 is 0.971 bits per heavy atom. The Labute approximate surface area is 200 Å². The van der Waals surface area contributed by atoms with Crippen molar-refractivity contribution in [2.75, 3.05) is 20.3 Å². The molecule has 3 aromatic carbocycles. The molecule has 176 valence electrons. The number of rotatable bonds is 8. The van der Waals surface area contributed by atoms with Gasteiger partial charge in [-0.3, -0.25) is 9.69 Å². The molecular weight excluding hydrogens is 428 g/mol. The highest BCUT2D eigenvalue weighted by atomic mass is 16.5. The number of para-hydroxylation sites is 1. The summed E-state index contributed by atoms with van der Waals surface area (Å²) in [5, 5.41) is 3.16. The summed E-state index contributed by atoms with van der Waals surface area (Å²) in [4.78, 5) is 27.3. The van der Waals surface area contributed by atoms with Crippen LogP contribution in [-0.2, 0) is 22.5 Å². The summed E-state index contributed by atoms with van der Waals surface area (Å²) < 4.78 is 10.7. The lowest BCUT2D eigenvalue weighted by atomic mass is 9.93. The molecule has 6 heteroatoms. The normalized spacial score (nSPS) is 16.2. The summed E-state index contributed by atoms with van der Waals surface area (Å²) >= 11 is 0. The SMILES string of the molecule is COC(=O)c1ccc(C(C)NC(=O)C2Cc3ccccc3CN2CCOc2ccccc2)cc1. The first-order valence-corrected chi connectivity index (χ1v) is 11.5. The second-order valence-electron chi connectivity index (χ2n) is 8.46. The van der Waals surface area contributed by atoms with Crippen molar-refractivity contribution in [3.63, 3.8) is 0 Å². The van der Waals surface area contributed by atoms with Gasteiger partial charge in [0.25, 0.3) is 0 Å². The zero-order chi connectivity index (χ0) is 23.9. The fourth-order valence-corrected chi connectivity index (χ4v) is 4.29. The minimum atomic E-state index is -0.377. The van der Waals surface area contributed by atoms with Crippen molar-refractivity contribution in [1.29, 1.82) is 0 Å². The molecule has 0 saturated heterocycles. The van der Waals surface area contributed by atoms with Gasteiger partial charge in [0.05, 0.1) is 24.8 Å². The van der Waals surface area contributed by atoms with Gasteiger partial charge in [0, 0.05) is 13.1 Å². The van der Waals surface area contributed by atoms with E-state index in [-0.39, 0.29) is 24.0 Å². The third kappa shape index (κ3) is 5.64. The van der Waals surface area contributed by atoms with Crippen molar-refractivity contribution in [3.05, 3.63) is 101 Å². The van der Waals surface area contributed by atoms with Crippen LogP contribution in [0.5, 0.6) is 5.75 Å². The van der Waals surface area contributed by atoms with Crippen LogP contribution < -0.4 is 10.1 Å². The van der Waals surface area contributed by atoms with Crippen LogP contribution in [0.2, 0.25) is 0 Å². The van der Waals surface area contributed by atoms with Crippen molar-refractivity contribution < 1.29 is 19.1 Å². The molecule has 1 aliphatic rings. The minimum Gasteiger partial charge on any atom is -0.492 e. The van der Waals surface area contributed by atoms with E-state index >= 15 is 0 Å². The van der Waals surface area contributed by atoms with Crippen LogP contribution in [0.1, 0.15) is 40.0 Å². The van der Waals surface area contributed by atoms with E-state index in [1.807, 2.05) is 61.5 Å². The van der Waals surface area contributed by atoms with Crippen molar-refractivity contribution in [1.82, 2.24) is 10.2 Å². The lowest BCUT2D eigenvalue weighted by Gasteiger charge is -2.36. The lowest BCUT2D eigenvalue weighted by molar-refractivity contribution is -0.127. The molecule has 2 unspecified atom stereocenters. The van der Waals surface area contributed by atoms with E-state index in [1.165, 1.54) is 18.2 Å². The summed E-state index contributed by atoms with van der Waals surface area (Å²) in [7, 11) is 1.36. The number of amides is 1. The molecule has 34 heavy (non-hydrogen) atoms. The van der Waals surface area contributed by atoms with Gasteiger partial charge in [0.2, 0.25) is 5.91 Å². The smallest absolute Gasteiger partial charge is 0.337 e. The van der Waals surface area contributed by atoms with Crippen LogP contribution in [0.15, 0.2) is 78.9 Å². The lowest BCUT2D eigenvalue weighted by Crippen LogP contribution is -2.51. The maximum atomic E-state index is 13.4.